The molecular weight excluding hydrogens is 681 g/mol. The largest absolute Gasteiger partial charge is 0.371 e. The second kappa shape index (κ2) is 12.6. The van der Waals surface area contributed by atoms with Crippen molar-refractivity contribution in [1.29, 1.82) is 5.26 Å². The average Bonchev–Trinajstić information content (AvgIpc) is 3.16. The number of benzene rings is 5. The van der Waals surface area contributed by atoms with Crippen LogP contribution in [-0.2, 0) is 21.7 Å². The molecule has 0 radical (unpaired) electrons. The standard InChI is InChI=1S/C52H54N4/c1-49(2)18-22-55-23-19-50(3,4)43-29-35(28-42(49)47(43)55)12-10-33-15-17-38-39(26-33)41(32-53)37-16-14-34(27-40(37)46(38)54-9)11-13-36-30-44-48-45(31-36)52(7,8)21-25-56(48)24-20-51(44,5)6/h10-17,26-31H,18-25H2,1-8H3. The van der Waals surface area contributed by atoms with Crippen LogP contribution in [0.15, 0.2) is 60.7 Å². The van der Waals surface area contributed by atoms with Crippen molar-refractivity contribution in [2.75, 3.05) is 36.0 Å². The number of hydrogen-bond donors (Lipinski definition) is 0. The lowest BCUT2D eigenvalue weighted by Crippen LogP contribution is -2.44. The Hall–Kier alpha value is -5.32. The topological polar surface area (TPSA) is 34.6 Å². The summed E-state index contributed by atoms with van der Waals surface area (Å²) >= 11 is 0. The van der Waals surface area contributed by atoms with E-state index in [2.05, 4.69) is 149 Å². The Morgan fingerprint density at radius 1 is 0.518 bits per heavy atom. The minimum atomic E-state index is 0.128. The van der Waals surface area contributed by atoms with Crippen molar-refractivity contribution in [3.8, 4) is 6.07 Å². The molecule has 0 atom stereocenters. The molecular formula is C52H54N4. The van der Waals surface area contributed by atoms with Crippen molar-refractivity contribution in [1.82, 2.24) is 0 Å². The maximum Gasteiger partial charge on any atom is 0.202 e. The van der Waals surface area contributed by atoms with E-state index in [9.17, 15) is 5.26 Å². The van der Waals surface area contributed by atoms with Gasteiger partial charge in [0.05, 0.1) is 12.1 Å². The Morgan fingerprint density at radius 3 is 1.29 bits per heavy atom. The molecule has 0 saturated carbocycles. The van der Waals surface area contributed by atoms with Gasteiger partial charge in [0, 0.05) is 37.6 Å². The summed E-state index contributed by atoms with van der Waals surface area (Å²) in [5, 5.41) is 13.9. The lowest BCUT2D eigenvalue weighted by Gasteiger charge is -2.48. The fourth-order valence-corrected chi connectivity index (χ4v) is 10.2. The molecule has 282 valence electrons. The Bertz CT molecular complexity index is 2370. The monoisotopic (exact) mass is 734 g/mol. The van der Waals surface area contributed by atoms with Crippen LogP contribution in [0, 0.1) is 17.9 Å². The molecule has 5 aromatic carbocycles. The average molecular weight is 735 g/mol. The van der Waals surface area contributed by atoms with Crippen LogP contribution < -0.4 is 9.80 Å². The zero-order valence-corrected chi connectivity index (χ0v) is 34.5. The third-order valence-corrected chi connectivity index (χ3v) is 14.1. The van der Waals surface area contributed by atoms with Gasteiger partial charge in [-0.1, -0.05) is 110 Å². The van der Waals surface area contributed by atoms with Gasteiger partial charge in [-0.15, -0.1) is 0 Å². The minimum absolute atomic E-state index is 0.128. The fraction of sp³-hybridized carbons (Fsp3) is 0.385. The molecule has 0 unspecified atom stereocenters. The van der Waals surface area contributed by atoms with Crippen LogP contribution in [0.4, 0.5) is 17.1 Å². The number of rotatable bonds is 4. The van der Waals surface area contributed by atoms with Crippen molar-refractivity contribution >= 4 is 62.9 Å². The van der Waals surface area contributed by atoms with Gasteiger partial charge >= 0.3 is 0 Å². The molecule has 4 heterocycles. The molecule has 4 heteroatoms. The quantitative estimate of drug-likeness (QED) is 0.105. The first kappa shape index (κ1) is 36.3. The highest BCUT2D eigenvalue weighted by Crippen LogP contribution is 2.51. The molecule has 4 nitrogen and oxygen atoms in total. The Labute approximate surface area is 334 Å². The maximum absolute atomic E-state index is 10.6. The van der Waals surface area contributed by atoms with Gasteiger partial charge in [-0.2, -0.15) is 5.26 Å². The Balaban J connectivity index is 1.09. The van der Waals surface area contributed by atoms with Crippen molar-refractivity contribution in [3.05, 3.63) is 122 Å². The van der Waals surface area contributed by atoms with Crippen LogP contribution in [0.3, 0.4) is 0 Å². The van der Waals surface area contributed by atoms with E-state index in [1.165, 1.54) is 44.8 Å². The van der Waals surface area contributed by atoms with Gasteiger partial charge in [0.15, 0.2) is 0 Å². The smallest absolute Gasteiger partial charge is 0.202 e. The SMILES string of the molecule is [C-]#[N+]c1c2ccc(C=Cc3cc4c5c(c3)C(C)(C)CCN5CCC4(C)C)cc2c(C#N)c2ccc(C=Cc3cc4c5c(c3)C(C)(C)CCN5CCC4(C)C)cc12. The highest BCUT2D eigenvalue weighted by Gasteiger charge is 2.41. The van der Waals surface area contributed by atoms with Crippen LogP contribution >= 0.6 is 0 Å². The van der Waals surface area contributed by atoms with Gasteiger partial charge in [0.1, 0.15) is 6.07 Å². The summed E-state index contributed by atoms with van der Waals surface area (Å²) in [5.41, 5.74) is 15.0. The van der Waals surface area contributed by atoms with E-state index < -0.39 is 0 Å². The van der Waals surface area contributed by atoms with Crippen LogP contribution in [0.1, 0.15) is 131 Å². The van der Waals surface area contributed by atoms with E-state index in [0.29, 0.717) is 11.3 Å². The molecule has 0 bridgehead atoms. The summed E-state index contributed by atoms with van der Waals surface area (Å²) < 4.78 is 0. The number of nitriles is 1. The normalized spacial score (nSPS) is 19.9. The number of fused-ring (bicyclic) bond motifs is 2. The first-order valence-electron chi connectivity index (χ1n) is 20.7. The van der Waals surface area contributed by atoms with Crippen LogP contribution in [-0.4, -0.2) is 26.2 Å². The maximum atomic E-state index is 10.6. The highest BCUT2D eigenvalue weighted by molar-refractivity contribution is 6.16. The lowest BCUT2D eigenvalue weighted by atomic mass is 9.69. The zero-order chi connectivity index (χ0) is 39.4. The molecule has 56 heavy (non-hydrogen) atoms. The zero-order valence-electron chi connectivity index (χ0n) is 34.5. The van der Waals surface area contributed by atoms with Gasteiger partial charge in [-0.25, -0.2) is 4.85 Å². The fourth-order valence-electron chi connectivity index (χ4n) is 10.2. The second-order valence-electron chi connectivity index (χ2n) is 19.7. The summed E-state index contributed by atoms with van der Waals surface area (Å²) in [6.45, 7) is 31.9. The van der Waals surface area contributed by atoms with E-state index in [4.69, 9.17) is 6.57 Å². The summed E-state index contributed by atoms with van der Waals surface area (Å²) in [6.07, 6.45) is 13.5. The van der Waals surface area contributed by atoms with Crippen molar-refractivity contribution in [2.45, 2.75) is 103 Å². The molecule has 0 spiro atoms. The lowest BCUT2D eigenvalue weighted by molar-refractivity contribution is 0.401. The molecule has 0 amide bonds. The second-order valence-corrected chi connectivity index (χ2v) is 19.7. The molecule has 0 saturated heterocycles. The molecule has 9 rings (SSSR count). The predicted octanol–water partition coefficient (Wildman–Crippen LogP) is 13.1. The van der Waals surface area contributed by atoms with Gasteiger partial charge in [-0.3, -0.25) is 0 Å². The molecule has 0 aliphatic carbocycles. The van der Waals surface area contributed by atoms with E-state index in [1.807, 2.05) is 12.1 Å². The van der Waals surface area contributed by atoms with E-state index in [0.717, 1.165) is 84.5 Å². The van der Waals surface area contributed by atoms with E-state index in [-0.39, 0.29) is 21.7 Å². The minimum Gasteiger partial charge on any atom is -0.371 e. The number of nitrogens with zero attached hydrogens (tertiary/aromatic N) is 4. The van der Waals surface area contributed by atoms with Crippen molar-refractivity contribution in [2.24, 2.45) is 0 Å². The van der Waals surface area contributed by atoms with Crippen LogP contribution in [0.25, 0.3) is 50.7 Å². The van der Waals surface area contributed by atoms with E-state index in [1.54, 1.807) is 0 Å². The Morgan fingerprint density at radius 2 is 0.893 bits per heavy atom. The van der Waals surface area contributed by atoms with Crippen molar-refractivity contribution < 1.29 is 0 Å². The summed E-state index contributed by atoms with van der Waals surface area (Å²) in [5.74, 6) is 0. The van der Waals surface area contributed by atoms with Crippen LogP contribution in [0.5, 0.6) is 0 Å². The summed E-state index contributed by atoms with van der Waals surface area (Å²) in [7, 11) is 0. The number of hydrogen-bond acceptors (Lipinski definition) is 3. The highest BCUT2D eigenvalue weighted by atomic mass is 15.2. The van der Waals surface area contributed by atoms with Gasteiger partial charge in [0.25, 0.3) is 0 Å². The molecule has 4 aliphatic rings. The molecule has 0 fully saturated rings. The summed E-state index contributed by atoms with van der Waals surface area (Å²) in [4.78, 5) is 9.31. The van der Waals surface area contributed by atoms with Crippen molar-refractivity contribution in [3.63, 3.8) is 0 Å². The first-order valence-corrected chi connectivity index (χ1v) is 20.7. The van der Waals surface area contributed by atoms with Crippen LogP contribution in [0.2, 0.25) is 0 Å². The predicted molar refractivity (Wildman–Crippen MR) is 238 cm³/mol. The third kappa shape index (κ3) is 5.75. The third-order valence-electron chi connectivity index (χ3n) is 14.1. The van der Waals surface area contributed by atoms with Gasteiger partial charge in [-0.05, 0) is 144 Å². The number of anilines is 2. The molecule has 0 N–H and O–H groups in total. The Kier molecular flexibility index (Phi) is 8.17. The summed E-state index contributed by atoms with van der Waals surface area (Å²) in [6, 6.07) is 24.6. The van der Waals surface area contributed by atoms with Gasteiger partial charge < -0.3 is 9.80 Å². The molecule has 5 aromatic rings. The first-order chi connectivity index (χ1) is 26.6. The molecule has 0 aromatic heterocycles. The molecule has 4 aliphatic heterocycles. The van der Waals surface area contributed by atoms with Gasteiger partial charge in [0.2, 0.25) is 5.69 Å². The van der Waals surface area contributed by atoms with E-state index >= 15 is 0 Å².